The quantitative estimate of drug-likeness (QED) is 0.901. The molecule has 1 aromatic carbocycles. The molecule has 0 aliphatic carbocycles. The molecule has 0 fully saturated rings. The van der Waals surface area contributed by atoms with Gasteiger partial charge in [-0.15, -0.1) is 0 Å². The highest BCUT2D eigenvalue weighted by atomic mass is 35.5. The molecule has 4 heteroatoms. The highest BCUT2D eigenvalue weighted by Crippen LogP contribution is 2.16. The van der Waals surface area contributed by atoms with Gasteiger partial charge in [-0.05, 0) is 24.1 Å². The summed E-state index contributed by atoms with van der Waals surface area (Å²) >= 11 is 5.83. The van der Waals surface area contributed by atoms with Crippen LogP contribution in [0.1, 0.15) is 11.1 Å². The first-order chi connectivity index (χ1) is 8.78. The van der Waals surface area contributed by atoms with E-state index in [1.165, 1.54) is 5.56 Å². The highest BCUT2D eigenvalue weighted by Gasteiger charge is 1.98. The third-order valence-electron chi connectivity index (χ3n) is 2.54. The van der Waals surface area contributed by atoms with Gasteiger partial charge in [0.25, 0.3) is 0 Å². The summed E-state index contributed by atoms with van der Waals surface area (Å²) in [5.41, 5.74) is 7.85. The Kier molecular flexibility index (Phi) is 4.56. The highest BCUT2D eigenvalue weighted by molar-refractivity contribution is 6.30. The fourth-order valence-corrected chi connectivity index (χ4v) is 1.77. The molecule has 0 unspecified atom stereocenters. The lowest BCUT2D eigenvalue weighted by Gasteiger charge is -2.07. The minimum absolute atomic E-state index is 0.505. The fourth-order valence-electron chi connectivity index (χ4n) is 1.61. The Balaban J connectivity index is 1.93. The van der Waals surface area contributed by atoms with Gasteiger partial charge in [-0.25, -0.2) is 0 Å². The molecule has 0 atom stereocenters. The maximum atomic E-state index is 5.83. The summed E-state index contributed by atoms with van der Waals surface area (Å²) in [5, 5.41) is 0.575. The predicted molar refractivity (Wildman–Crippen MR) is 72.8 cm³/mol. The SMILES string of the molecule is NCCc1ccc(COc2cncc(Cl)c2)cc1. The summed E-state index contributed by atoms with van der Waals surface area (Å²) in [4.78, 5) is 3.96. The minimum Gasteiger partial charge on any atom is -0.487 e. The number of ether oxygens (including phenoxy) is 1. The lowest BCUT2D eigenvalue weighted by Crippen LogP contribution is -2.03. The number of nitrogens with two attached hydrogens (primary N) is 1. The fraction of sp³-hybridized carbons (Fsp3) is 0.214. The van der Waals surface area contributed by atoms with Crippen molar-refractivity contribution in [2.24, 2.45) is 5.73 Å². The predicted octanol–water partition coefficient (Wildman–Crippen LogP) is 2.82. The molecule has 1 heterocycles. The molecule has 18 heavy (non-hydrogen) atoms. The standard InChI is InChI=1S/C14H15ClN2O/c15-13-7-14(9-17-8-13)18-10-12-3-1-11(2-4-12)5-6-16/h1-4,7-9H,5-6,10,16H2. The molecule has 0 bridgehead atoms. The summed E-state index contributed by atoms with van der Waals surface area (Å²) in [6.07, 6.45) is 4.13. The maximum absolute atomic E-state index is 5.83. The molecule has 2 rings (SSSR count). The van der Waals surface area contributed by atoms with Gasteiger partial charge in [0, 0.05) is 12.3 Å². The zero-order valence-corrected chi connectivity index (χ0v) is 10.7. The van der Waals surface area contributed by atoms with E-state index in [9.17, 15) is 0 Å². The normalized spacial score (nSPS) is 10.3. The number of rotatable bonds is 5. The minimum atomic E-state index is 0.505. The van der Waals surface area contributed by atoms with Gasteiger partial charge in [0.15, 0.2) is 0 Å². The first-order valence-corrected chi connectivity index (χ1v) is 6.17. The molecule has 2 N–H and O–H groups in total. The van der Waals surface area contributed by atoms with Gasteiger partial charge in [-0.1, -0.05) is 35.9 Å². The Morgan fingerprint density at radius 2 is 1.83 bits per heavy atom. The van der Waals surface area contributed by atoms with Gasteiger partial charge in [-0.2, -0.15) is 0 Å². The van der Waals surface area contributed by atoms with Crippen LogP contribution in [0.4, 0.5) is 0 Å². The summed E-state index contributed by atoms with van der Waals surface area (Å²) in [6.45, 7) is 1.18. The van der Waals surface area contributed by atoms with Crippen LogP contribution in [0.15, 0.2) is 42.7 Å². The molecule has 0 aliphatic rings. The molecule has 0 saturated heterocycles. The summed E-state index contributed by atoms with van der Waals surface area (Å²) in [5.74, 6) is 0.675. The van der Waals surface area contributed by atoms with Gasteiger partial charge in [0.2, 0.25) is 0 Å². The first-order valence-electron chi connectivity index (χ1n) is 5.79. The molecule has 0 aliphatic heterocycles. The van der Waals surface area contributed by atoms with Crippen molar-refractivity contribution in [3.63, 3.8) is 0 Å². The van der Waals surface area contributed by atoms with Crippen molar-refractivity contribution in [2.75, 3.05) is 6.54 Å². The van der Waals surface area contributed by atoms with Crippen LogP contribution in [0.2, 0.25) is 5.02 Å². The molecule has 2 aromatic rings. The average Bonchev–Trinajstić information content (AvgIpc) is 2.38. The molecular weight excluding hydrogens is 248 g/mol. The third kappa shape index (κ3) is 3.72. The van der Waals surface area contributed by atoms with Crippen molar-refractivity contribution in [1.82, 2.24) is 4.98 Å². The Morgan fingerprint density at radius 3 is 2.50 bits per heavy atom. The number of pyridine rings is 1. The molecule has 0 spiro atoms. The Hall–Kier alpha value is -1.58. The van der Waals surface area contributed by atoms with E-state index in [0.717, 1.165) is 12.0 Å². The molecule has 0 radical (unpaired) electrons. The molecule has 0 saturated carbocycles. The van der Waals surface area contributed by atoms with Crippen LogP contribution in [-0.2, 0) is 13.0 Å². The van der Waals surface area contributed by atoms with E-state index in [2.05, 4.69) is 17.1 Å². The van der Waals surface area contributed by atoms with E-state index in [4.69, 9.17) is 22.1 Å². The number of hydrogen-bond acceptors (Lipinski definition) is 3. The second-order valence-electron chi connectivity index (χ2n) is 3.98. The van der Waals surface area contributed by atoms with E-state index in [1.54, 1.807) is 18.5 Å². The zero-order chi connectivity index (χ0) is 12.8. The van der Waals surface area contributed by atoms with Gasteiger partial charge >= 0.3 is 0 Å². The van der Waals surface area contributed by atoms with E-state index >= 15 is 0 Å². The zero-order valence-electron chi connectivity index (χ0n) is 9.97. The average molecular weight is 263 g/mol. The third-order valence-corrected chi connectivity index (χ3v) is 2.75. The molecule has 1 aromatic heterocycles. The number of hydrogen-bond donors (Lipinski definition) is 1. The lowest BCUT2D eigenvalue weighted by molar-refractivity contribution is 0.305. The molecule has 94 valence electrons. The Labute approximate surface area is 112 Å². The van der Waals surface area contributed by atoms with Crippen LogP contribution in [0, 0.1) is 0 Å². The van der Waals surface area contributed by atoms with Crippen LogP contribution in [-0.4, -0.2) is 11.5 Å². The Bertz CT molecular complexity index is 499. The van der Waals surface area contributed by atoms with Crippen LogP contribution in [0.25, 0.3) is 0 Å². The van der Waals surface area contributed by atoms with Crippen molar-refractivity contribution >= 4 is 11.6 Å². The largest absolute Gasteiger partial charge is 0.487 e. The van der Waals surface area contributed by atoms with Crippen LogP contribution in [0.3, 0.4) is 0 Å². The second kappa shape index (κ2) is 6.38. The summed E-state index contributed by atoms with van der Waals surface area (Å²) in [7, 11) is 0. The van der Waals surface area contributed by atoms with E-state index in [1.807, 2.05) is 12.1 Å². The molecule has 3 nitrogen and oxygen atoms in total. The summed E-state index contributed by atoms with van der Waals surface area (Å²) in [6, 6.07) is 9.98. The number of nitrogens with zero attached hydrogens (tertiary/aromatic N) is 1. The van der Waals surface area contributed by atoms with E-state index < -0.39 is 0 Å². The monoisotopic (exact) mass is 262 g/mol. The maximum Gasteiger partial charge on any atom is 0.139 e. The van der Waals surface area contributed by atoms with Crippen molar-refractivity contribution in [3.8, 4) is 5.75 Å². The van der Waals surface area contributed by atoms with Crippen molar-refractivity contribution in [1.29, 1.82) is 0 Å². The van der Waals surface area contributed by atoms with Crippen molar-refractivity contribution in [3.05, 3.63) is 58.9 Å². The van der Waals surface area contributed by atoms with E-state index in [-0.39, 0.29) is 0 Å². The molecular formula is C14H15ClN2O. The van der Waals surface area contributed by atoms with Gasteiger partial charge < -0.3 is 10.5 Å². The second-order valence-corrected chi connectivity index (χ2v) is 4.42. The summed E-state index contributed by atoms with van der Waals surface area (Å²) < 4.78 is 5.60. The van der Waals surface area contributed by atoms with Crippen molar-refractivity contribution < 1.29 is 4.74 Å². The van der Waals surface area contributed by atoms with Gasteiger partial charge in [0.05, 0.1) is 11.2 Å². The first kappa shape index (κ1) is 12.9. The lowest BCUT2D eigenvalue weighted by atomic mass is 10.1. The van der Waals surface area contributed by atoms with Crippen molar-refractivity contribution in [2.45, 2.75) is 13.0 Å². The number of halogens is 1. The number of benzene rings is 1. The van der Waals surface area contributed by atoms with Crippen LogP contribution in [0.5, 0.6) is 5.75 Å². The van der Waals surface area contributed by atoms with Gasteiger partial charge in [0.1, 0.15) is 12.4 Å². The molecule has 0 amide bonds. The smallest absolute Gasteiger partial charge is 0.139 e. The number of aromatic nitrogens is 1. The topological polar surface area (TPSA) is 48.1 Å². The van der Waals surface area contributed by atoms with Gasteiger partial charge in [-0.3, -0.25) is 4.98 Å². The van der Waals surface area contributed by atoms with Crippen LogP contribution >= 0.6 is 11.6 Å². The van der Waals surface area contributed by atoms with E-state index in [0.29, 0.717) is 23.9 Å². The Morgan fingerprint density at radius 1 is 1.11 bits per heavy atom. The van der Waals surface area contributed by atoms with Crippen LogP contribution < -0.4 is 10.5 Å².